The van der Waals surface area contributed by atoms with Crippen LogP contribution in [0.2, 0.25) is 0 Å². The highest BCUT2D eigenvalue weighted by molar-refractivity contribution is 7.14. The lowest BCUT2D eigenvalue weighted by atomic mass is 10.1. The van der Waals surface area contributed by atoms with Crippen molar-refractivity contribution in [3.8, 4) is 28.1 Å². The predicted octanol–water partition coefficient (Wildman–Crippen LogP) is 5.34. The average molecular weight is 368 g/mol. The summed E-state index contributed by atoms with van der Waals surface area (Å²) in [6.07, 6.45) is 1.82. The number of hydrogen-bond acceptors (Lipinski definition) is 6. The van der Waals surface area contributed by atoms with E-state index in [1.807, 2.05) is 54.1 Å². The Labute approximate surface area is 154 Å². The molecule has 2 aromatic heterocycles. The van der Waals surface area contributed by atoms with E-state index in [0.29, 0.717) is 28.7 Å². The van der Waals surface area contributed by atoms with Gasteiger partial charge in [-0.05, 0) is 42.1 Å². The number of aromatic nitrogens is 1. The van der Waals surface area contributed by atoms with Crippen LogP contribution < -0.4 is 9.47 Å². The van der Waals surface area contributed by atoms with E-state index in [-0.39, 0.29) is 0 Å². The zero-order valence-electron chi connectivity index (χ0n) is 13.9. The number of thiophene rings is 1. The fourth-order valence-corrected chi connectivity index (χ4v) is 3.84. The van der Waals surface area contributed by atoms with Gasteiger partial charge in [-0.15, -0.1) is 22.7 Å². The number of nitriles is 1. The Morgan fingerprint density at radius 1 is 1.28 bits per heavy atom. The van der Waals surface area contributed by atoms with Crippen LogP contribution >= 0.6 is 22.7 Å². The number of ether oxygens (including phenoxy) is 2. The molecule has 0 fully saturated rings. The number of allylic oxidation sites excluding steroid dienone is 1. The van der Waals surface area contributed by atoms with Crippen LogP contribution in [0.3, 0.4) is 0 Å². The van der Waals surface area contributed by atoms with Crippen LogP contribution in [0.4, 0.5) is 0 Å². The Balaban J connectivity index is 1.93. The molecule has 3 rings (SSSR count). The first-order valence-corrected chi connectivity index (χ1v) is 9.43. The molecule has 0 atom stereocenters. The van der Waals surface area contributed by atoms with Gasteiger partial charge in [0.15, 0.2) is 11.5 Å². The summed E-state index contributed by atoms with van der Waals surface area (Å²) in [7, 11) is 1.61. The Hall–Kier alpha value is -2.62. The molecule has 126 valence electrons. The van der Waals surface area contributed by atoms with Crippen LogP contribution in [-0.4, -0.2) is 18.7 Å². The maximum absolute atomic E-state index is 9.55. The quantitative estimate of drug-likeness (QED) is 0.551. The molecule has 0 aliphatic heterocycles. The van der Waals surface area contributed by atoms with Gasteiger partial charge in [0.2, 0.25) is 0 Å². The second-order valence-electron chi connectivity index (χ2n) is 5.03. The zero-order chi connectivity index (χ0) is 17.6. The van der Waals surface area contributed by atoms with Gasteiger partial charge in [0.05, 0.1) is 29.9 Å². The summed E-state index contributed by atoms with van der Waals surface area (Å²) >= 11 is 3.11. The molecule has 0 N–H and O–H groups in total. The van der Waals surface area contributed by atoms with E-state index < -0.39 is 0 Å². The van der Waals surface area contributed by atoms with Gasteiger partial charge in [-0.2, -0.15) is 5.26 Å². The fourth-order valence-electron chi connectivity index (χ4n) is 2.29. The molecule has 0 saturated carbocycles. The molecule has 1 aromatic carbocycles. The van der Waals surface area contributed by atoms with Crippen molar-refractivity contribution < 1.29 is 9.47 Å². The smallest absolute Gasteiger partial charge is 0.161 e. The van der Waals surface area contributed by atoms with Crippen LogP contribution in [0.25, 0.3) is 22.2 Å². The van der Waals surface area contributed by atoms with E-state index >= 15 is 0 Å². The Morgan fingerprint density at radius 2 is 2.16 bits per heavy atom. The number of nitrogens with zero attached hydrogens (tertiary/aromatic N) is 2. The van der Waals surface area contributed by atoms with Gasteiger partial charge in [-0.1, -0.05) is 12.1 Å². The minimum Gasteiger partial charge on any atom is -0.493 e. The third-order valence-electron chi connectivity index (χ3n) is 3.43. The van der Waals surface area contributed by atoms with Crippen molar-refractivity contribution in [3.05, 3.63) is 51.7 Å². The number of rotatable bonds is 6. The summed E-state index contributed by atoms with van der Waals surface area (Å²) in [5.41, 5.74) is 2.30. The zero-order valence-corrected chi connectivity index (χ0v) is 15.5. The van der Waals surface area contributed by atoms with Gasteiger partial charge in [0.25, 0.3) is 0 Å². The molecule has 0 spiro atoms. The molecule has 2 heterocycles. The minimum absolute atomic E-state index is 0.528. The van der Waals surface area contributed by atoms with Crippen molar-refractivity contribution in [2.45, 2.75) is 6.92 Å². The Kier molecular flexibility index (Phi) is 5.49. The van der Waals surface area contributed by atoms with Crippen LogP contribution in [-0.2, 0) is 0 Å². The number of methoxy groups -OCH3 is 1. The normalized spacial score (nSPS) is 11.2. The van der Waals surface area contributed by atoms with Crippen molar-refractivity contribution in [1.82, 2.24) is 4.98 Å². The van der Waals surface area contributed by atoms with E-state index in [1.54, 1.807) is 18.4 Å². The summed E-state index contributed by atoms with van der Waals surface area (Å²) in [6, 6.07) is 11.9. The Morgan fingerprint density at radius 3 is 2.84 bits per heavy atom. The summed E-state index contributed by atoms with van der Waals surface area (Å²) in [5, 5.41) is 14.3. The summed E-state index contributed by atoms with van der Waals surface area (Å²) in [6.45, 7) is 2.47. The summed E-state index contributed by atoms with van der Waals surface area (Å²) in [5.74, 6) is 1.33. The van der Waals surface area contributed by atoms with Gasteiger partial charge >= 0.3 is 0 Å². The first-order chi connectivity index (χ1) is 12.2. The average Bonchev–Trinajstić information content (AvgIpc) is 3.31. The van der Waals surface area contributed by atoms with Crippen molar-refractivity contribution in [2.75, 3.05) is 13.7 Å². The first-order valence-electron chi connectivity index (χ1n) is 7.67. The molecule has 0 radical (unpaired) electrons. The second kappa shape index (κ2) is 7.97. The predicted molar refractivity (Wildman–Crippen MR) is 103 cm³/mol. The maximum atomic E-state index is 9.55. The molecular formula is C19H16N2O2S2. The molecular weight excluding hydrogens is 352 g/mol. The van der Waals surface area contributed by atoms with Gasteiger partial charge in [0.1, 0.15) is 11.1 Å². The second-order valence-corrected chi connectivity index (χ2v) is 6.83. The minimum atomic E-state index is 0.528. The standard InChI is InChI=1S/C19H16N2O2S2/c1-3-23-17-10-13(6-7-16(17)22-2)9-14(11-20)19-21-15(12-25-19)18-5-4-8-24-18/h4-10,12H,3H2,1-2H3/b14-9-. The monoisotopic (exact) mass is 368 g/mol. The van der Waals surface area contributed by atoms with Crippen LogP contribution in [0, 0.1) is 11.3 Å². The number of benzene rings is 1. The highest BCUT2D eigenvalue weighted by Gasteiger charge is 2.11. The van der Waals surface area contributed by atoms with Crippen LogP contribution in [0.15, 0.2) is 41.1 Å². The van der Waals surface area contributed by atoms with E-state index in [4.69, 9.17) is 9.47 Å². The van der Waals surface area contributed by atoms with Gasteiger partial charge in [-0.3, -0.25) is 0 Å². The lowest BCUT2D eigenvalue weighted by Gasteiger charge is -2.09. The van der Waals surface area contributed by atoms with Crippen LogP contribution in [0.1, 0.15) is 17.5 Å². The molecule has 0 amide bonds. The molecule has 0 saturated heterocycles. The number of hydrogen-bond donors (Lipinski definition) is 0. The third-order valence-corrected chi connectivity index (χ3v) is 5.20. The maximum Gasteiger partial charge on any atom is 0.161 e. The van der Waals surface area contributed by atoms with E-state index in [0.717, 1.165) is 16.1 Å². The van der Waals surface area contributed by atoms with E-state index in [9.17, 15) is 5.26 Å². The highest BCUT2D eigenvalue weighted by Crippen LogP contribution is 2.32. The van der Waals surface area contributed by atoms with Gasteiger partial charge < -0.3 is 9.47 Å². The van der Waals surface area contributed by atoms with Gasteiger partial charge in [-0.25, -0.2) is 4.98 Å². The van der Waals surface area contributed by atoms with Gasteiger partial charge in [0, 0.05) is 5.38 Å². The van der Waals surface area contributed by atoms with Crippen LogP contribution in [0.5, 0.6) is 11.5 Å². The highest BCUT2D eigenvalue weighted by atomic mass is 32.1. The molecule has 4 nitrogen and oxygen atoms in total. The third kappa shape index (κ3) is 3.90. The SMILES string of the molecule is CCOc1cc(/C=C(/C#N)c2nc(-c3cccs3)cs2)ccc1OC. The molecule has 25 heavy (non-hydrogen) atoms. The lowest BCUT2D eigenvalue weighted by molar-refractivity contribution is 0.311. The molecule has 3 aromatic rings. The van der Waals surface area contributed by atoms with E-state index in [1.165, 1.54) is 11.3 Å². The summed E-state index contributed by atoms with van der Waals surface area (Å²) < 4.78 is 10.9. The van der Waals surface area contributed by atoms with Crippen molar-refractivity contribution >= 4 is 34.3 Å². The fraction of sp³-hybridized carbons (Fsp3) is 0.158. The molecule has 0 bridgehead atoms. The number of thiazole rings is 1. The lowest BCUT2D eigenvalue weighted by Crippen LogP contribution is -1.95. The topological polar surface area (TPSA) is 55.1 Å². The Bertz CT molecular complexity index is 921. The van der Waals surface area contributed by atoms with E-state index in [2.05, 4.69) is 11.1 Å². The molecule has 6 heteroatoms. The summed E-state index contributed by atoms with van der Waals surface area (Å²) in [4.78, 5) is 5.69. The first kappa shape index (κ1) is 17.2. The molecule has 0 unspecified atom stereocenters. The molecule has 0 aliphatic rings. The van der Waals surface area contributed by atoms with Crippen molar-refractivity contribution in [2.24, 2.45) is 0 Å². The van der Waals surface area contributed by atoms with Crippen molar-refractivity contribution in [3.63, 3.8) is 0 Å². The van der Waals surface area contributed by atoms with Crippen molar-refractivity contribution in [1.29, 1.82) is 5.26 Å². The molecule has 0 aliphatic carbocycles. The largest absolute Gasteiger partial charge is 0.493 e.